The Morgan fingerprint density at radius 1 is 1.00 bits per heavy atom. The number of rotatable bonds is 3. The first-order chi connectivity index (χ1) is 8.09. The van der Waals surface area contributed by atoms with E-state index in [1.165, 1.54) is 0 Å². The fraction of sp³-hybridized carbons (Fsp3) is 0.143. The van der Waals surface area contributed by atoms with Crippen LogP contribution in [0.5, 0.6) is 5.75 Å². The van der Waals surface area contributed by atoms with Crippen molar-refractivity contribution >= 4 is 12.4 Å². The summed E-state index contributed by atoms with van der Waals surface area (Å²) < 4.78 is 12.6. The van der Waals surface area contributed by atoms with E-state index in [1.807, 2.05) is 42.5 Å². The van der Waals surface area contributed by atoms with Crippen LogP contribution in [0.4, 0.5) is 0 Å². The predicted octanol–water partition coefficient (Wildman–Crippen LogP) is 3.21. The van der Waals surface area contributed by atoms with E-state index in [2.05, 4.69) is 0 Å². The molecule has 0 bridgehead atoms. The van der Waals surface area contributed by atoms with Crippen molar-refractivity contribution in [3.8, 4) is 5.75 Å². The zero-order valence-corrected chi connectivity index (χ0v) is 10.6. The number of phenols is 1. The van der Waals surface area contributed by atoms with Crippen LogP contribution < -0.4 is 5.30 Å². The molecule has 0 aromatic heterocycles. The fourth-order valence-corrected chi connectivity index (χ4v) is 3.71. The van der Waals surface area contributed by atoms with Crippen molar-refractivity contribution in [2.24, 2.45) is 0 Å². The van der Waals surface area contributed by atoms with Gasteiger partial charge in [0.1, 0.15) is 12.9 Å². The SMILES string of the molecule is CP(=O)(Cc1ccccc1O)c1ccccc1. The maximum Gasteiger partial charge on any atom is 0.119 e. The summed E-state index contributed by atoms with van der Waals surface area (Å²) in [7, 11) is -2.45. The highest BCUT2D eigenvalue weighted by atomic mass is 31.2. The van der Waals surface area contributed by atoms with Gasteiger partial charge in [-0.25, -0.2) is 0 Å². The molecule has 17 heavy (non-hydrogen) atoms. The first-order valence-corrected chi connectivity index (χ1v) is 7.82. The van der Waals surface area contributed by atoms with Gasteiger partial charge in [0.2, 0.25) is 0 Å². The second-order valence-electron chi connectivity index (χ2n) is 4.22. The van der Waals surface area contributed by atoms with Crippen LogP contribution in [0.2, 0.25) is 0 Å². The third kappa shape index (κ3) is 2.78. The quantitative estimate of drug-likeness (QED) is 0.844. The molecule has 2 aromatic carbocycles. The van der Waals surface area contributed by atoms with Gasteiger partial charge in [-0.15, -0.1) is 0 Å². The molecule has 0 radical (unpaired) electrons. The molecule has 0 aliphatic heterocycles. The lowest BCUT2D eigenvalue weighted by atomic mass is 10.2. The highest BCUT2D eigenvalue weighted by molar-refractivity contribution is 7.70. The van der Waals surface area contributed by atoms with Gasteiger partial charge in [0, 0.05) is 17.0 Å². The zero-order chi connectivity index (χ0) is 12.3. The average molecular weight is 246 g/mol. The first kappa shape index (κ1) is 11.9. The lowest BCUT2D eigenvalue weighted by Crippen LogP contribution is -2.04. The van der Waals surface area contributed by atoms with Gasteiger partial charge in [0.25, 0.3) is 0 Å². The molecule has 2 aromatic rings. The Hall–Kier alpha value is -1.53. The molecule has 0 heterocycles. The van der Waals surface area contributed by atoms with E-state index in [9.17, 15) is 9.67 Å². The van der Waals surface area contributed by atoms with E-state index in [0.717, 1.165) is 10.9 Å². The van der Waals surface area contributed by atoms with Gasteiger partial charge >= 0.3 is 0 Å². The summed E-state index contributed by atoms with van der Waals surface area (Å²) in [6, 6.07) is 16.5. The summed E-state index contributed by atoms with van der Waals surface area (Å²) in [5.41, 5.74) is 0.738. The van der Waals surface area contributed by atoms with E-state index >= 15 is 0 Å². The molecule has 0 saturated heterocycles. The number of para-hydroxylation sites is 1. The number of benzene rings is 2. The third-order valence-electron chi connectivity index (χ3n) is 2.77. The van der Waals surface area contributed by atoms with Crippen molar-refractivity contribution in [1.82, 2.24) is 0 Å². The smallest absolute Gasteiger partial charge is 0.119 e. The lowest BCUT2D eigenvalue weighted by Gasteiger charge is -2.14. The van der Waals surface area contributed by atoms with Crippen molar-refractivity contribution in [3.05, 3.63) is 60.2 Å². The summed E-state index contributed by atoms with van der Waals surface area (Å²) in [5, 5.41) is 10.5. The van der Waals surface area contributed by atoms with Gasteiger partial charge in [0.15, 0.2) is 0 Å². The maximum atomic E-state index is 12.6. The Balaban J connectivity index is 2.30. The molecular formula is C14H15O2P. The zero-order valence-electron chi connectivity index (χ0n) is 9.71. The first-order valence-electron chi connectivity index (χ1n) is 5.48. The Labute approximate surface area is 101 Å². The molecule has 0 saturated carbocycles. The van der Waals surface area contributed by atoms with Crippen molar-refractivity contribution in [3.63, 3.8) is 0 Å². The Kier molecular flexibility index (Phi) is 3.35. The molecular weight excluding hydrogens is 231 g/mol. The number of aromatic hydroxyl groups is 1. The molecule has 0 aliphatic rings. The molecule has 0 aliphatic carbocycles. The molecule has 88 valence electrons. The summed E-state index contributed by atoms with van der Waals surface area (Å²) in [5.74, 6) is 0.213. The van der Waals surface area contributed by atoms with E-state index in [-0.39, 0.29) is 5.75 Å². The van der Waals surface area contributed by atoms with Gasteiger partial charge in [-0.05, 0) is 12.7 Å². The van der Waals surface area contributed by atoms with Gasteiger partial charge < -0.3 is 9.67 Å². The molecule has 0 spiro atoms. The minimum atomic E-state index is -2.45. The topological polar surface area (TPSA) is 37.3 Å². The largest absolute Gasteiger partial charge is 0.508 e. The molecule has 1 unspecified atom stereocenters. The number of phenolic OH excluding ortho intramolecular Hbond substituents is 1. The molecule has 0 fully saturated rings. The second-order valence-corrected chi connectivity index (χ2v) is 7.26. The molecule has 2 rings (SSSR count). The lowest BCUT2D eigenvalue weighted by molar-refractivity contribution is 0.470. The maximum absolute atomic E-state index is 12.6. The summed E-state index contributed by atoms with van der Waals surface area (Å²) >= 11 is 0. The van der Waals surface area contributed by atoms with Crippen molar-refractivity contribution in [2.45, 2.75) is 6.16 Å². The standard InChI is InChI=1S/C14H15O2P/c1-17(16,13-8-3-2-4-9-13)11-12-7-5-6-10-14(12)15/h2-10,15H,11H2,1H3. The normalized spacial score (nSPS) is 14.2. The van der Waals surface area contributed by atoms with E-state index in [0.29, 0.717) is 6.16 Å². The summed E-state index contributed by atoms with van der Waals surface area (Å²) in [4.78, 5) is 0. The van der Waals surface area contributed by atoms with Gasteiger partial charge in [-0.1, -0.05) is 48.5 Å². The number of hydrogen-bond donors (Lipinski definition) is 1. The molecule has 0 amide bonds. The Morgan fingerprint density at radius 3 is 2.24 bits per heavy atom. The van der Waals surface area contributed by atoms with Crippen LogP contribution in [0.3, 0.4) is 0 Å². The van der Waals surface area contributed by atoms with Crippen LogP contribution >= 0.6 is 7.14 Å². The van der Waals surface area contributed by atoms with E-state index in [1.54, 1.807) is 18.8 Å². The summed E-state index contributed by atoms with van der Waals surface area (Å²) in [6.07, 6.45) is 0.393. The van der Waals surface area contributed by atoms with E-state index < -0.39 is 7.14 Å². The average Bonchev–Trinajstić information content (AvgIpc) is 2.33. The minimum Gasteiger partial charge on any atom is -0.508 e. The number of hydrogen-bond acceptors (Lipinski definition) is 2. The Bertz CT molecular complexity index is 549. The Morgan fingerprint density at radius 2 is 1.59 bits per heavy atom. The van der Waals surface area contributed by atoms with E-state index in [4.69, 9.17) is 0 Å². The highest BCUT2D eigenvalue weighted by Gasteiger charge is 2.19. The minimum absolute atomic E-state index is 0.213. The molecule has 1 atom stereocenters. The van der Waals surface area contributed by atoms with Crippen LogP contribution in [0.15, 0.2) is 54.6 Å². The molecule has 1 N–H and O–H groups in total. The second kappa shape index (κ2) is 4.77. The van der Waals surface area contributed by atoms with Gasteiger partial charge in [-0.2, -0.15) is 0 Å². The van der Waals surface area contributed by atoms with Crippen molar-refractivity contribution < 1.29 is 9.67 Å². The van der Waals surface area contributed by atoms with Gasteiger partial charge in [-0.3, -0.25) is 0 Å². The fourth-order valence-electron chi connectivity index (χ4n) is 1.80. The highest BCUT2D eigenvalue weighted by Crippen LogP contribution is 2.45. The molecule has 3 heteroatoms. The predicted molar refractivity (Wildman–Crippen MR) is 71.4 cm³/mol. The van der Waals surface area contributed by atoms with Crippen molar-refractivity contribution in [1.29, 1.82) is 0 Å². The monoisotopic (exact) mass is 246 g/mol. The van der Waals surface area contributed by atoms with Crippen LogP contribution in [0.1, 0.15) is 5.56 Å². The van der Waals surface area contributed by atoms with Crippen LogP contribution in [0, 0.1) is 0 Å². The van der Waals surface area contributed by atoms with Gasteiger partial charge in [0.05, 0.1) is 0 Å². The molecule has 2 nitrogen and oxygen atoms in total. The van der Waals surface area contributed by atoms with Crippen LogP contribution in [0.25, 0.3) is 0 Å². The van der Waals surface area contributed by atoms with Crippen LogP contribution in [-0.2, 0) is 10.7 Å². The third-order valence-corrected chi connectivity index (χ3v) is 5.10. The summed E-state index contributed by atoms with van der Waals surface area (Å²) in [6.45, 7) is 1.76. The van der Waals surface area contributed by atoms with Crippen LogP contribution in [-0.4, -0.2) is 11.8 Å². The van der Waals surface area contributed by atoms with Crippen molar-refractivity contribution in [2.75, 3.05) is 6.66 Å².